The standard InChI is InChI=1S/C17H24FN3S/c1-17(2,3)12-8-10-13(11-9-12)20-21-16(22)19-15-7-5-4-6-14(15)18/h4-7,12H,8-11H2,1-3H3,(H2,19,21,22). The van der Waals surface area contributed by atoms with Crippen molar-refractivity contribution in [3.8, 4) is 0 Å². The average Bonchev–Trinajstić information content (AvgIpc) is 2.47. The monoisotopic (exact) mass is 321 g/mol. The van der Waals surface area contributed by atoms with Gasteiger partial charge in [0, 0.05) is 5.71 Å². The van der Waals surface area contributed by atoms with E-state index in [0.717, 1.165) is 37.3 Å². The van der Waals surface area contributed by atoms with Crippen molar-refractivity contribution in [1.29, 1.82) is 0 Å². The molecular weight excluding hydrogens is 297 g/mol. The van der Waals surface area contributed by atoms with E-state index in [1.807, 2.05) is 0 Å². The van der Waals surface area contributed by atoms with Crippen LogP contribution in [0, 0.1) is 17.2 Å². The molecule has 5 heteroatoms. The number of para-hydroxylation sites is 1. The minimum Gasteiger partial charge on any atom is -0.329 e. The summed E-state index contributed by atoms with van der Waals surface area (Å²) in [6.45, 7) is 6.89. The molecule has 0 unspecified atom stereocenters. The first-order chi connectivity index (χ1) is 10.4. The molecule has 1 aliphatic carbocycles. The first kappa shape index (κ1) is 16.9. The molecular formula is C17H24FN3S. The van der Waals surface area contributed by atoms with E-state index in [2.05, 4.69) is 36.6 Å². The van der Waals surface area contributed by atoms with E-state index in [-0.39, 0.29) is 5.82 Å². The molecule has 1 aliphatic rings. The fourth-order valence-corrected chi connectivity index (χ4v) is 2.93. The molecule has 0 saturated heterocycles. The molecule has 2 rings (SSSR count). The van der Waals surface area contributed by atoms with E-state index in [1.54, 1.807) is 18.2 Å². The van der Waals surface area contributed by atoms with Crippen LogP contribution in [0.3, 0.4) is 0 Å². The summed E-state index contributed by atoms with van der Waals surface area (Å²) in [6, 6.07) is 6.44. The van der Waals surface area contributed by atoms with Gasteiger partial charge in [-0.05, 0) is 61.4 Å². The van der Waals surface area contributed by atoms with Gasteiger partial charge in [0.1, 0.15) is 5.82 Å². The largest absolute Gasteiger partial charge is 0.329 e. The maximum Gasteiger partial charge on any atom is 0.191 e. The number of halogens is 1. The number of thiocarbonyl (C=S) groups is 1. The van der Waals surface area contributed by atoms with Crippen molar-refractivity contribution in [3.63, 3.8) is 0 Å². The lowest BCUT2D eigenvalue weighted by Crippen LogP contribution is -2.29. The summed E-state index contributed by atoms with van der Waals surface area (Å²) in [7, 11) is 0. The lowest BCUT2D eigenvalue weighted by molar-refractivity contribution is 0.208. The van der Waals surface area contributed by atoms with Crippen LogP contribution in [0.5, 0.6) is 0 Å². The molecule has 1 aromatic carbocycles. The van der Waals surface area contributed by atoms with Gasteiger partial charge in [-0.1, -0.05) is 32.9 Å². The van der Waals surface area contributed by atoms with Crippen LogP contribution in [0.15, 0.2) is 29.4 Å². The van der Waals surface area contributed by atoms with Crippen LogP contribution < -0.4 is 10.7 Å². The maximum atomic E-state index is 13.5. The predicted octanol–water partition coefficient (Wildman–Crippen LogP) is 4.70. The Labute approximate surface area is 137 Å². The molecule has 1 saturated carbocycles. The van der Waals surface area contributed by atoms with Crippen LogP contribution in [-0.4, -0.2) is 10.8 Å². The number of hydrazone groups is 1. The minimum absolute atomic E-state index is 0.315. The van der Waals surface area contributed by atoms with Crippen LogP contribution in [0.25, 0.3) is 0 Å². The molecule has 22 heavy (non-hydrogen) atoms. The van der Waals surface area contributed by atoms with E-state index >= 15 is 0 Å². The Morgan fingerprint density at radius 2 is 1.86 bits per heavy atom. The molecule has 0 aliphatic heterocycles. The van der Waals surface area contributed by atoms with Crippen molar-refractivity contribution in [2.24, 2.45) is 16.4 Å². The third kappa shape index (κ3) is 4.77. The van der Waals surface area contributed by atoms with Gasteiger partial charge in [0.15, 0.2) is 5.11 Å². The molecule has 1 aromatic rings. The van der Waals surface area contributed by atoms with E-state index < -0.39 is 0 Å². The summed E-state index contributed by atoms with van der Waals surface area (Å²) < 4.78 is 13.5. The third-order valence-electron chi connectivity index (χ3n) is 4.23. The highest BCUT2D eigenvalue weighted by Gasteiger charge is 2.27. The summed E-state index contributed by atoms with van der Waals surface area (Å²) in [6.07, 6.45) is 4.32. The summed E-state index contributed by atoms with van der Waals surface area (Å²) in [4.78, 5) is 0. The van der Waals surface area contributed by atoms with Crippen LogP contribution >= 0.6 is 12.2 Å². The third-order valence-corrected chi connectivity index (χ3v) is 4.42. The molecule has 1 fully saturated rings. The van der Waals surface area contributed by atoms with Crippen molar-refractivity contribution in [1.82, 2.24) is 5.43 Å². The van der Waals surface area contributed by atoms with E-state index in [4.69, 9.17) is 12.2 Å². The van der Waals surface area contributed by atoms with Gasteiger partial charge in [-0.3, -0.25) is 5.43 Å². The maximum absolute atomic E-state index is 13.5. The Balaban J connectivity index is 1.83. The fourth-order valence-electron chi connectivity index (χ4n) is 2.77. The highest BCUT2D eigenvalue weighted by molar-refractivity contribution is 7.80. The average molecular weight is 321 g/mol. The summed E-state index contributed by atoms with van der Waals surface area (Å²) in [5, 5.41) is 7.50. The van der Waals surface area contributed by atoms with Crippen LogP contribution in [0.1, 0.15) is 46.5 Å². The van der Waals surface area contributed by atoms with Crippen molar-refractivity contribution in [3.05, 3.63) is 30.1 Å². The zero-order chi connectivity index (χ0) is 16.2. The molecule has 0 aromatic heterocycles. The topological polar surface area (TPSA) is 36.4 Å². The fraction of sp³-hybridized carbons (Fsp3) is 0.529. The lowest BCUT2D eigenvalue weighted by Gasteiger charge is -2.34. The van der Waals surface area contributed by atoms with E-state index in [1.165, 1.54) is 6.07 Å². The van der Waals surface area contributed by atoms with Crippen molar-refractivity contribution in [2.45, 2.75) is 46.5 Å². The Hall–Kier alpha value is -1.49. The van der Waals surface area contributed by atoms with Gasteiger partial charge in [-0.2, -0.15) is 5.10 Å². The summed E-state index contributed by atoms with van der Waals surface area (Å²) in [5.41, 5.74) is 4.68. The number of nitrogens with zero attached hydrogens (tertiary/aromatic N) is 1. The van der Waals surface area contributed by atoms with Crippen LogP contribution in [0.4, 0.5) is 10.1 Å². The first-order valence-electron chi connectivity index (χ1n) is 7.73. The molecule has 0 radical (unpaired) electrons. The Morgan fingerprint density at radius 3 is 2.45 bits per heavy atom. The van der Waals surface area contributed by atoms with Gasteiger partial charge in [0.25, 0.3) is 0 Å². The highest BCUT2D eigenvalue weighted by Crippen LogP contribution is 2.36. The van der Waals surface area contributed by atoms with Crippen molar-refractivity contribution in [2.75, 3.05) is 5.32 Å². The molecule has 0 amide bonds. The van der Waals surface area contributed by atoms with Crippen molar-refractivity contribution < 1.29 is 4.39 Å². The molecule has 2 N–H and O–H groups in total. The van der Waals surface area contributed by atoms with Gasteiger partial charge in [0.2, 0.25) is 0 Å². The van der Waals surface area contributed by atoms with E-state index in [9.17, 15) is 4.39 Å². The highest BCUT2D eigenvalue weighted by atomic mass is 32.1. The Kier molecular flexibility index (Phi) is 5.51. The zero-order valence-corrected chi connectivity index (χ0v) is 14.3. The first-order valence-corrected chi connectivity index (χ1v) is 8.14. The number of nitrogens with one attached hydrogen (secondary N) is 2. The quantitative estimate of drug-likeness (QED) is 0.612. The Bertz CT molecular complexity index is 553. The summed E-state index contributed by atoms with van der Waals surface area (Å²) >= 11 is 5.15. The molecule has 0 heterocycles. The smallest absolute Gasteiger partial charge is 0.191 e. The second-order valence-electron chi connectivity index (χ2n) is 6.86. The van der Waals surface area contributed by atoms with Crippen LogP contribution in [0.2, 0.25) is 0 Å². The normalized spacial score (nSPS) is 18.7. The second kappa shape index (κ2) is 7.18. The number of benzene rings is 1. The SMILES string of the molecule is CC(C)(C)C1CCC(=NNC(=S)Nc2ccccc2F)CC1. The van der Waals surface area contributed by atoms with Gasteiger partial charge in [-0.15, -0.1) is 0 Å². The van der Waals surface area contributed by atoms with E-state index in [0.29, 0.717) is 16.2 Å². The van der Waals surface area contributed by atoms with Gasteiger partial charge < -0.3 is 5.32 Å². The molecule has 3 nitrogen and oxygen atoms in total. The van der Waals surface area contributed by atoms with Gasteiger partial charge in [0.05, 0.1) is 5.69 Å². The Morgan fingerprint density at radius 1 is 1.23 bits per heavy atom. The molecule has 0 bridgehead atoms. The molecule has 120 valence electrons. The number of anilines is 1. The number of hydrogen-bond acceptors (Lipinski definition) is 2. The molecule has 0 atom stereocenters. The summed E-state index contributed by atoms with van der Waals surface area (Å²) in [5.74, 6) is 0.417. The number of rotatable bonds is 2. The minimum atomic E-state index is -0.329. The van der Waals surface area contributed by atoms with Gasteiger partial charge in [-0.25, -0.2) is 4.39 Å². The zero-order valence-electron chi connectivity index (χ0n) is 13.4. The van der Waals surface area contributed by atoms with Crippen LogP contribution in [-0.2, 0) is 0 Å². The number of hydrogen-bond donors (Lipinski definition) is 2. The predicted molar refractivity (Wildman–Crippen MR) is 94.6 cm³/mol. The van der Waals surface area contributed by atoms with Gasteiger partial charge >= 0.3 is 0 Å². The van der Waals surface area contributed by atoms with Crippen molar-refractivity contribution >= 4 is 28.7 Å². The lowest BCUT2D eigenvalue weighted by atomic mass is 9.72. The molecule has 0 spiro atoms. The second-order valence-corrected chi connectivity index (χ2v) is 7.27.